The van der Waals surface area contributed by atoms with Crippen molar-refractivity contribution in [3.8, 4) is 0 Å². The molecule has 0 radical (unpaired) electrons. The highest BCUT2D eigenvalue weighted by Gasteiger charge is 2.30. The SMILES string of the molecule is CCCC1CCC(CNC)C(c2ccc(CC)cc2)C1. The molecule has 0 heterocycles. The molecule has 0 saturated heterocycles. The van der Waals surface area contributed by atoms with E-state index in [-0.39, 0.29) is 0 Å². The Labute approximate surface area is 125 Å². The standard InChI is InChI=1S/C19H31N/c1-4-6-16-9-12-18(14-20-3)19(13-16)17-10-7-15(5-2)8-11-17/h7-8,10-11,16,18-20H,4-6,9,12-14H2,1-3H3. The summed E-state index contributed by atoms with van der Waals surface area (Å²) in [6.07, 6.45) is 8.11. The molecule has 1 N–H and O–H groups in total. The van der Waals surface area contributed by atoms with Crippen LogP contribution in [0.5, 0.6) is 0 Å². The van der Waals surface area contributed by atoms with Crippen LogP contribution in [0.15, 0.2) is 24.3 Å². The van der Waals surface area contributed by atoms with Crippen molar-refractivity contribution in [3.05, 3.63) is 35.4 Å². The fourth-order valence-corrected chi connectivity index (χ4v) is 3.91. The van der Waals surface area contributed by atoms with E-state index in [9.17, 15) is 0 Å². The summed E-state index contributed by atoms with van der Waals surface area (Å²) in [6.45, 7) is 5.72. The molecule has 3 unspecified atom stereocenters. The zero-order chi connectivity index (χ0) is 14.4. The molecule has 0 aliphatic heterocycles. The molecule has 1 aliphatic carbocycles. The topological polar surface area (TPSA) is 12.0 Å². The van der Waals surface area contributed by atoms with E-state index in [0.717, 1.165) is 24.2 Å². The van der Waals surface area contributed by atoms with Crippen LogP contribution in [0.4, 0.5) is 0 Å². The Kier molecular flexibility index (Phi) is 6.09. The van der Waals surface area contributed by atoms with Crippen LogP contribution in [-0.4, -0.2) is 13.6 Å². The van der Waals surface area contributed by atoms with Crippen molar-refractivity contribution < 1.29 is 0 Å². The predicted molar refractivity (Wildman–Crippen MR) is 88.2 cm³/mol. The van der Waals surface area contributed by atoms with E-state index in [1.807, 2.05) is 0 Å². The van der Waals surface area contributed by atoms with Gasteiger partial charge in [0.15, 0.2) is 0 Å². The van der Waals surface area contributed by atoms with Crippen LogP contribution in [0.3, 0.4) is 0 Å². The first-order chi connectivity index (χ1) is 9.78. The van der Waals surface area contributed by atoms with Gasteiger partial charge in [0, 0.05) is 0 Å². The summed E-state index contributed by atoms with van der Waals surface area (Å²) in [5, 5.41) is 3.41. The van der Waals surface area contributed by atoms with E-state index in [1.54, 1.807) is 5.56 Å². The molecule has 0 aromatic heterocycles. The largest absolute Gasteiger partial charge is 0.319 e. The first-order valence-electron chi connectivity index (χ1n) is 8.51. The molecule has 0 spiro atoms. The molecular weight excluding hydrogens is 242 g/mol. The Hall–Kier alpha value is -0.820. The number of rotatable bonds is 6. The zero-order valence-electron chi connectivity index (χ0n) is 13.5. The highest BCUT2D eigenvalue weighted by molar-refractivity contribution is 5.26. The van der Waals surface area contributed by atoms with Gasteiger partial charge in [0.2, 0.25) is 0 Å². The summed E-state index contributed by atoms with van der Waals surface area (Å²) < 4.78 is 0. The molecule has 1 aliphatic rings. The molecule has 3 atom stereocenters. The molecule has 1 fully saturated rings. The summed E-state index contributed by atoms with van der Waals surface area (Å²) in [4.78, 5) is 0. The van der Waals surface area contributed by atoms with Gasteiger partial charge in [0.25, 0.3) is 0 Å². The van der Waals surface area contributed by atoms with E-state index in [0.29, 0.717) is 0 Å². The van der Waals surface area contributed by atoms with Crippen LogP contribution in [0.1, 0.15) is 63.0 Å². The van der Waals surface area contributed by atoms with E-state index < -0.39 is 0 Å². The number of aryl methyl sites for hydroxylation is 1. The molecule has 2 rings (SSSR count). The third-order valence-corrected chi connectivity index (χ3v) is 5.08. The van der Waals surface area contributed by atoms with Crippen molar-refractivity contribution in [2.24, 2.45) is 11.8 Å². The van der Waals surface area contributed by atoms with Gasteiger partial charge < -0.3 is 5.32 Å². The van der Waals surface area contributed by atoms with Gasteiger partial charge in [-0.2, -0.15) is 0 Å². The Balaban J connectivity index is 2.12. The van der Waals surface area contributed by atoms with Gasteiger partial charge in [-0.05, 0) is 61.7 Å². The lowest BCUT2D eigenvalue weighted by Gasteiger charge is -2.36. The minimum absolute atomic E-state index is 0.763. The molecule has 1 heteroatoms. The smallest absolute Gasteiger partial charge is 0.00177 e. The molecule has 0 amide bonds. The van der Waals surface area contributed by atoms with Gasteiger partial charge in [-0.15, -0.1) is 0 Å². The second kappa shape index (κ2) is 7.83. The summed E-state index contributed by atoms with van der Waals surface area (Å²) in [5.74, 6) is 2.53. The average Bonchev–Trinajstić information content (AvgIpc) is 2.49. The molecule has 1 aromatic carbocycles. The van der Waals surface area contributed by atoms with Gasteiger partial charge in [0.05, 0.1) is 0 Å². The van der Waals surface area contributed by atoms with Crippen LogP contribution in [0.25, 0.3) is 0 Å². The molecule has 112 valence electrons. The number of nitrogens with one attached hydrogen (secondary N) is 1. The molecule has 1 aromatic rings. The zero-order valence-corrected chi connectivity index (χ0v) is 13.5. The van der Waals surface area contributed by atoms with E-state index >= 15 is 0 Å². The quantitative estimate of drug-likeness (QED) is 0.787. The normalized spacial score (nSPS) is 26.6. The molecule has 20 heavy (non-hydrogen) atoms. The third-order valence-electron chi connectivity index (χ3n) is 5.08. The van der Waals surface area contributed by atoms with Gasteiger partial charge in [-0.1, -0.05) is 57.4 Å². The lowest BCUT2D eigenvalue weighted by Crippen LogP contribution is -2.30. The minimum Gasteiger partial charge on any atom is -0.319 e. The lowest BCUT2D eigenvalue weighted by molar-refractivity contribution is 0.223. The Morgan fingerprint density at radius 1 is 1.10 bits per heavy atom. The van der Waals surface area contributed by atoms with Crippen LogP contribution in [0.2, 0.25) is 0 Å². The first kappa shape index (κ1) is 15.6. The van der Waals surface area contributed by atoms with Gasteiger partial charge >= 0.3 is 0 Å². The van der Waals surface area contributed by atoms with Crippen molar-refractivity contribution in [3.63, 3.8) is 0 Å². The summed E-state index contributed by atoms with van der Waals surface area (Å²) in [7, 11) is 2.09. The van der Waals surface area contributed by atoms with Gasteiger partial charge in [0.1, 0.15) is 0 Å². The van der Waals surface area contributed by atoms with Crippen molar-refractivity contribution in [2.45, 2.75) is 58.3 Å². The van der Waals surface area contributed by atoms with E-state index in [1.165, 1.54) is 44.2 Å². The molecular formula is C19H31N. The monoisotopic (exact) mass is 273 g/mol. The highest BCUT2D eigenvalue weighted by atomic mass is 14.8. The van der Waals surface area contributed by atoms with Crippen LogP contribution in [-0.2, 0) is 6.42 Å². The Morgan fingerprint density at radius 3 is 2.45 bits per heavy atom. The third kappa shape index (κ3) is 3.85. The summed E-state index contributed by atoms with van der Waals surface area (Å²) >= 11 is 0. The van der Waals surface area contributed by atoms with Crippen LogP contribution in [0, 0.1) is 11.8 Å². The molecule has 1 nitrogen and oxygen atoms in total. The van der Waals surface area contributed by atoms with Gasteiger partial charge in [-0.3, -0.25) is 0 Å². The molecule has 1 saturated carbocycles. The number of hydrogen-bond acceptors (Lipinski definition) is 1. The van der Waals surface area contributed by atoms with E-state index in [4.69, 9.17) is 0 Å². The fraction of sp³-hybridized carbons (Fsp3) is 0.684. The summed E-state index contributed by atoms with van der Waals surface area (Å²) in [6, 6.07) is 9.44. The number of benzene rings is 1. The highest BCUT2D eigenvalue weighted by Crippen LogP contribution is 2.41. The summed E-state index contributed by atoms with van der Waals surface area (Å²) in [5.41, 5.74) is 3.03. The van der Waals surface area contributed by atoms with Crippen LogP contribution < -0.4 is 5.32 Å². The van der Waals surface area contributed by atoms with E-state index in [2.05, 4.69) is 50.5 Å². The minimum atomic E-state index is 0.763. The van der Waals surface area contributed by atoms with Crippen molar-refractivity contribution >= 4 is 0 Å². The molecule has 0 bridgehead atoms. The van der Waals surface area contributed by atoms with Gasteiger partial charge in [-0.25, -0.2) is 0 Å². The van der Waals surface area contributed by atoms with Crippen LogP contribution >= 0.6 is 0 Å². The van der Waals surface area contributed by atoms with Crippen molar-refractivity contribution in [2.75, 3.05) is 13.6 Å². The maximum absolute atomic E-state index is 3.41. The Morgan fingerprint density at radius 2 is 1.85 bits per heavy atom. The predicted octanol–water partition coefficient (Wildman–Crippen LogP) is 4.77. The maximum Gasteiger partial charge on any atom is -0.00177 e. The fourth-order valence-electron chi connectivity index (χ4n) is 3.91. The number of hydrogen-bond donors (Lipinski definition) is 1. The average molecular weight is 273 g/mol. The second-order valence-corrected chi connectivity index (χ2v) is 6.49. The first-order valence-corrected chi connectivity index (χ1v) is 8.51. The Bertz CT molecular complexity index is 381. The lowest BCUT2D eigenvalue weighted by atomic mass is 9.70. The maximum atomic E-state index is 3.41. The van der Waals surface area contributed by atoms with Crippen molar-refractivity contribution in [1.29, 1.82) is 0 Å². The van der Waals surface area contributed by atoms with Crippen molar-refractivity contribution in [1.82, 2.24) is 5.32 Å². The second-order valence-electron chi connectivity index (χ2n) is 6.49.